The average molecular weight is 580 g/mol. The van der Waals surface area contributed by atoms with Crippen molar-refractivity contribution in [1.82, 2.24) is 9.99 Å². The maximum Gasteiger partial charge on any atom is 0.273 e. The molecule has 9 heteroatoms. The van der Waals surface area contributed by atoms with E-state index in [2.05, 4.69) is 31.0 Å². The second kappa shape index (κ2) is 11.1. The van der Waals surface area contributed by atoms with Crippen LogP contribution in [0.25, 0.3) is 5.69 Å². The predicted molar refractivity (Wildman–Crippen MR) is 152 cm³/mol. The van der Waals surface area contributed by atoms with Crippen LogP contribution in [0.4, 0.5) is 5.69 Å². The van der Waals surface area contributed by atoms with Crippen molar-refractivity contribution in [3.8, 4) is 5.69 Å². The molecule has 0 aliphatic heterocycles. The smallest absolute Gasteiger partial charge is 0.273 e. The highest BCUT2D eigenvalue weighted by molar-refractivity contribution is 9.10. The van der Waals surface area contributed by atoms with Crippen molar-refractivity contribution in [3.63, 3.8) is 0 Å². The zero-order chi connectivity index (χ0) is 26.6. The number of halogens is 1. The summed E-state index contributed by atoms with van der Waals surface area (Å²) in [6.45, 7) is 4.10. The number of nitrogens with zero attached hydrogens (tertiary/aromatic N) is 3. The monoisotopic (exact) mass is 578 g/mol. The minimum absolute atomic E-state index is 0.106. The summed E-state index contributed by atoms with van der Waals surface area (Å²) in [5.41, 5.74) is 7.73. The highest BCUT2D eigenvalue weighted by Gasteiger charge is 2.23. The number of para-hydroxylation sites is 1. The van der Waals surface area contributed by atoms with Crippen molar-refractivity contribution in [2.75, 3.05) is 10.6 Å². The van der Waals surface area contributed by atoms with E-state index < -0.39 is 15.9 Å². The fraction of sp³-hybridized carbons (Fsp3) is 0.143. The summed E-state index contributed by atoms with van der Waals surface area (Å²) >= 11 is 3.51. The van der Waals surface area contributed by atoms with Crippen molar-refractivity contribution in [2.24, 2.45) is 5.10 Å². The molecule has 0 bridgehead atoms. The summed E-state index contributed by atoms with van der Waals surface area (Å²) in [6.07, 6.45) is 2.72. The van der Waals surface area contributed by atoms with Gasteiger partial charge in [0.15, 0.2) is 0 Å². The predicted octanol–water partition coefficient (Wildman–Crippen LogP) is 5.59. The molecule has 7 nitrogen and oxygen atoms in total. The molecule has 0 aliphatic rings. The third-order valence-electron chi connectivity index (χ3n) is 5.89. The van der Waals surface area contributed by atoms with Crippen LogP contribution in [0.5, 0.6) is 0 Å². The Balaban J connectivity index is 1.58. The standard InChI is InChI=1S/C28H27BrN4O3S/c1-20-16-23(21(2)33(20)25-13-9-12-24(29)17-25)18-30-31-28(34)26-14-7-8-15-27(26)32(37(3,35)36)19-22-10-5-4-6-11-22/h4-18H,19H2,1-3H3,(H,31,34)/b30-18-. The molecule has 190 valence electrons. The topological polar surface area (TPSA) is 83.8 Å². The molecule has 0 saturated heterocycles. The van der Waals surface area contributed by atoms with E-state index >= 15 is 0 Å². The van der Waals surface area contributed by atoms with Crippen molar-refractivity contribution in [1.29, 1.82) is 0 Å². The highest BCUT2D eigenvalue weighted by Crippen LogP contribution is 2.26. The number of aromatic nitrogens is 1. The van der Waals surface area contributed by atoms with E-state index in [1.54, 1.807) is 30.5 Å². The van der Waals surface area contributed by atoms with E-state index in [0.29, 0.717) is 0 Å². The lowest BCUT2D eigenvalue weighted by molar-refractivity contribution is 0.0955. The Morgan fingerprint density at radius 3 is 2.41 bits per heavy atom. The van der Waals surface area contributed by atoms with Crippen LogP contribution in [0.15, 0.2) is 94.5 Å². The first kappa shape index (κ1) is 26.4. The largest absolute Gasteiger partial charge is 0.318 e. The summed E-state index contributed by atoms with van der Waals surface area (Å²) in [7, 11) is -3.66. The maximum atomic E-state index is 13.1. The van der Waals surface area contributed by atoms with Crippen molar-refractivity contribution in [2.45, 2.75) is 20.4 Å². The third kappa shape index (κ3) is 6.18. The van der Waals surface area contributed by atoms with E-state index in [1.807, 2.05) is 74.5 Å². The third-order valence-corrected chi connectivity index (χ3v) is 7.51. The molecule has 3 aromatic carbocycles. The van der Waals surface area contributed by atoms with Gasteiger partial charge in [-0.3, -0.25) is 9.10 Å². The molecule has 1 heterocycles. The van der Waals surface area contributed by atoms with Gasteiger partial charge in [0, 0.05) is 27.1 Å². The second-order valence-electron chi connectivity index (χ2n) is 8.61. The lowest BCUT2D eigenvalue weighted by Crippen LogP contribution is -2.32. The van der Waals surface area contributed by atoms with Crippen molar-refractivity contribution >= 4 is 43.8 Å². The molecule has 1 amide bonds. The molecule has 37 heavy (non-hydrogen) atoms. The summed E-state index contributed by atoms with van der Waals surface area (Å²) < 4.78 is 29.7. The first-order valence-corrected chi connectivity index (χ1v) is 14.2. The molecular formula is C28H27BrN4O3S. The number of nitrogens with one attached hydrogen (secondary N) is 1. The van der Waals surface area contributed by atoms with E-state index in [1.165, 1.54) is 4.31 Å². The highest BCUT2D eigenvalue weighted by atomic mass is 79.9. The SMILES string of the molecule is Cc1cc(/C=N\NC(=O)c2ccccc2N(Cc2ccccc2)S(C)(=O)=O)c(C)n1-c1cccc(Br)c1. The molecule has 0 aliphatic carbocycles. The molecule has 0 unspecified atom stereocenters. The lowest BCUT2D eigenvalue weighted by Gasteiger charge is -2.24. The number of hydrazone groups is 1. The Labute approximate surface area is 225 Å². The van der Waals surface area contributed by atoms with Gasteiger partial charge in [0.25, 0.3) is 5.91 Å². The van der Waals surface area contributed by atoms with Crippen LogP contribution in [0.3, 0.4) is 0 Å². The van der Waals surface area contributed by atoms with Crippen molar-refractivity contribution < 1.29 is 13.2 Å². The van der Waals surface area contributed by atoms with Gasteiger partial charge in [-0.1, -0.05) is 64.5 Å². The van der Waals surface area contributed by atoms with Gasteiger partial charge in [0.05, 0.1) is 30.3 Å². The quantitative estimate of drug-likeness (QED) is 0.218. The fourth-order valence-corrected chi connectivity index (χ4v) is 5.45. The zero-order valence-electron chi connectivity index (χ0n) is 20.7. The van der Waals surface area contributed by atoms with Gasteiger partial charge < -0.3 is 4.57 Å². The first-order chi connectivity index (χ1) is 17.6. The van der Waals surface area contributed by atoms with Crippen LogP contribution in [0, 0.1) is 13.8 Å². The van der Waals surface area contributed by atoms with Crippen LogP contribution < -0.4 is 9.73 Å². The van der Waals surface area contributed by atoms with Gasteiger partial charge in [-0.2, -0.15) is 5.10 Å². The van der Waals surface area contributed by atoms with Gasteiger partial charge in [-0.25, -0.2) is 13.8 Å². The number of benzene rings is 3. The van der Waals surface area contributed by atoms with E-state index in [-0.39, 0.29) is 17.8 Å². The van der Waals surface area contributed by atoms with Gasteiger partial charge in [0.2, 0.25) is 10.0 Å². The zero-order valence-corrected chi connectivity index (χ0v) is 23.1. The molecule has 1 aromatic heterocycles. The Bertz CT molecular complexity index is 1560. The Morgan fingerprint density at radius 1 is 1.00 bits per heavy atom. The summed E-state index contributed by atoms with van der Waals surface area (Å²) in [5, 5.41) is 4.18. The number of rotatable bonds is 8. The van der Waals surface area contributed by atoms with E-state index in [9.17, 15) is 13.2 Å². The number of aryl methyl sites for hydroxylation is 1. The minimum Gasteiger partial charge on any atom is -0.318 e. The summed E-state index contributed by atoms with van der Waals surface area (Å²) in [6, 6.07) is 25.8. The first-order valence-electron chi connectivity index (χ1n) is 11.5. The van der Waals surface area contributed by atoms with Crippen molar-refractivity contribution in [3.05, 3.63) is 117 Å². The number of anilines is 1. The molecular weight excluding hydrogens is 552 g/mol. The lowest BCUT2D eigenvalue weighted by atomic mass is 10.1. The second-order valence-corrected chi connectivity index (χ2v) is 11.4. The van der Waals surface area contributed by atoms with Crippen LogP contribution in [-0.2, 0) is 16.6 Å². The Hall–Kier alpha value is -3.69. The number of carbonyl (C=O) groups excluding carboxylic acids is 1. The Kier molecular flexibility index (Phi) is 7.94. The number of amides is 1. The molecule has 0 saturated carbocycles. The van der Waals surface area contributed by atoms with Gasteiger partial charge in [0.1, 0.15) is 0 Å². The van der Waals surface area contributed by atoms with E-state index in [0.717, 1.165) is 38.9 Å². The number of carbonyl (C=O) groups is 1. The molecule has 4 aromatic rings. The van der Waals surface area contributed by atoms with Crippen LogP contribution in [0.2, 0.25) is 0 Å². The molecule has 0 atom stereocenters. The number of hydrogen-bond donors (Lipinski definition) is 1. The van der Waals surface area contributed by atoms with Gasteiger partial charge in [-0.05, 0) is 55.8 Å². The normalized spacial score (nSPS) is 11.6. The molecule has 0 spiro atoms. The number of sulfonamides is 1. The summed E-state index contributed by atoms with van der Waals surface area (Å²) in [5.74, 6) is -0.505. The van der Waals surface area contributed by atoms with Crippen LogP contribution in [0.1, 0.15) is 32.9 Å². The Morgan fingerprint density at radius 2 is 1.70 bits per heavy atom. The van der Waals surface area contributed by atoms with Crippen LogP contribution >= 0.6 is 15.9 Å². The van der Waals surface area contributed by atoms with Gasteiger partial charge >= 0.3 is 0 Å². The maximum absolute atomic E-state index is 13.1. The molecule has 0 radical (unpaired) electrons. The average Bonchev–Trinajstić information content (AvgIpc) is 3.15. The fourth-order valence-electron chi connectivity index (χ4n) is 4.16. The number of hydrogen-bond acceptors (Lipinski definition) is 4. The van der Waals surface area contributed by atoms with E-state index in [4.69, 9.17) is 0 Å². The summed E-state index contributed by atoms with van der Waals surface area (Å²) in [4.78, 5) is 13.1. The van der Waals surface area contributed by atoms with Gasteiger partial charge in [-0.15, -0.1) is 0 Å². The van der Waals surface area contributed by atoms with Crippen LogP contribution in [-0.4, -0.2) is 31.4 Å². The molecule has 1 N–H and O–H groups in total. The minimum atomic E-state index is -3.66. The molecule has 4 rings (SSSR count). The molecule has 0 fully saturated rings.